The maximum Gasteiger partial charge on any atom is 0.258 e. The lowest BCUT2D eigenvalue weighted by atomic mass is 10.1. The molecular weight excluding hydrogens is 301 g/mol. The summed E-state index contributed by atoms with van der Waals surface area (Å²) in [5.41, 5.74) is 1.26. The first-order valence-electron chi connectivity index (χ1n) is 7.30. The molecule has 2 nitrogen and oxygen atoms in total. The van der Waals surface area contributed by atoms with E-state index < -0.39 is 0 Å². The predicted molar refractivity (Wildman–Crippen MR) is 89.0 cm³/mol. The van der Waals surface area contributed by atoms with Crippen LogP contribution in [-0.2, 0) is 0 Å². The van der Waals surface area contributed by atoms with Crippen molar-refractivity contribution >= 4 is 23.2 Å². The quantitative estimate of drug-likeness (QED) is 0.744. The normalized spacial score (nSPS) is 10.8. The number of carbonyl (C=O) groups is 1. The third-order valence-electron chi connectivity index (χ3n) is 3.40. The molecule has 2 rings (SSSR count). The molecule has 0 radical (unpaired) electrons. The summed E-state index contributed by atoms with van der Waals surface area (Å²) in [6.07, 6.45) is 0.872. The zero-order chi connectivity index (χ0) is 16.1. The van der Waals surface area contributed by atoms with E-state index in [9.17, 15) is 9.18 Å². The third-order valence-corrected chi connectivity index (χ3v) is 3.66. The molecule has 116 valence electrons. The van der Waals surface area contributed by atoms with Crippen LogP contribution in [-0.4, -0.2) is 12.5 Å². The average molecular weight is 320 g/mol. The summed E-state index contributed by atoms with van der Waals surface area (Å²) in [6, 6.07) is 12.8. The zero-order valence-corrected chi connectivity index (χ0v) is 13.5. The molecule has 0 atom stereocenters. The van der Waals surface area contributed by atoms with Gasteiger partial charge >= 0.3 is 0 Å². The van der Waals surface area contributed by atoms with Gasteiger partial charge in [0.15, 0.2) is 0 Å². The van der Waals surface area contributed by atoms with E-state index in [1.54, 1.807) is 41.3 Å². The van der Waals surface area contributed by atoms with Crippen molar-refractivity contribution in [2.75, 3.05) is 11.4 Å². The van der Waals surface area contributed by atoms with Crippen LogP contribution in [0, 0.1) is 11.7 Å². The lowest BCUT2D eigenvalue weighted by Crippen LogP contribution is -2.32. The van der Waals surface area contributed by atoms with Gasteiger partial charge in [-0.2, -0.15) is 0 Å². The number of hydrogen-bond donors (Lipinski definition) is 0. The molecule has 0 aliphatic carbocycles. The Labute approximate surface area is 135 Å². The van der Waals surface area contributed by atoms with Crippen molar-refractivity contribution in [2.45, 2.75) is 20.3 Å². The molecule has 2 aromatic rings. The van der Waals surface area contributed by atoms with Gasteiger partial charge in [0.25, 0.3) is 5.91 Å². The molecule has 2 aromatic carbocycles. The smallest absolute Gasteiger partial charge is 0.258 e. The van der Waals surface area contributed by atoms with Gasteiger partial charge in [0, 0.05) is 22.8 Å². The standard InChI is InChI=1S/C18H19ClFNO/c1-13(2)11-12-21(17-9-7-16(20)8-10-17)18(22)14-3-5-15(19)6-4-14/h3-10,13H,11-12H2,1-2H3. The van der Waals surface area contributed by atoms with Crippen molar-refractivity contribution in [3.05, 3.63) is 64.9 Å². The van der Waals surface area contributed by atoms with E-state index in [4.69, 9.17) is 11.6 Å². The van der Waals surface area contributed by atoms with E-state index in [0.29, 0.717) is 28.7 Å². The fourth-order valence-corrected chi connectivity index (χ4v) is 2.23. The monoisotopic (exact) mass is 319 g/mol. The van der Waals surface area contributed by atoms with E-state index in [-0.39, 0.29) is 11.7 Å². The van der Waals surface area contributed by atoms with E-state index >= 15 is 0 Å². The zero-order valence-electron chi connectivity index (χ0n) is 12.7. The van der Waals surface area contributed by atoms with Crippen LogP contribution in [0.4, 0.5) is 10.1 Å². The number of hydrogen-bond acceptors (Lipinski definition) is 1. The number of rotatable bonds is 5. The minimum Gasteiger partial charge on any atom is -0.308 e. The lowest BCUT2D eigenvalue weighted by molar-refractivity contribution is 0.0986. The van der Waals surface area contributed by atoms with E-state index in [0.717, 1.165) is 6.42 Å². The highest BCUT2D eigenvalue weighted by Gasteiger charge is 2.18. The molecule has 0 fully saturated rings. The highest BCUT2D eigenvalue weighted by molar-refractivity contribution is 6.30. The minimum absolute atomic E-state index is 0.107. The van der Waals surface area contributed by atoms with Gasteiger partial charge in [-0.15, -0.1) is 0 Å². The maximum atomic E-state index is 13.1. The first-order chi connectivity index (χ1) is 10.5. The molecule has 0 aromatic heterocycles. The molecule has 0 unspecified atom stereocenters. The van der Waals surface area contributed by atoms with Crippen molar-refractivity contribution < 1.29 is 9.18 Å². The second-order valence-corrected chi connectivity index (χ2v) is 6.06. The Hall–Kier alpha value is -1.87. The summed E-state index contributed by atoms with van der Waals surface area (Å²) < 4.78 is 13.1. The van der Waals surface area contributed by atoms with E-state index in [2.05, 4.69) is 13.8 Å². The summed E-state index contributed by atoms with van der Waals surface area (Å²) in [5.74, 6) is 0.0522. The number of amides is 1. The first-order valence-corrected chi connectivity index (χ1v) is 7.68. The average Bonchev–Trinajstić information content (AvgIpc) is 2.49. The molecule has 0 aliphatic rings. The molecule has 1 amide bonds. The Morgan fingerprint density at radius 1 is 1.09 bits per heavy atom. The van der Waals surface area contributed by atoms with Crippen LogP contribution in [0.3, 0.4) is 0 Å². The Balaban J connectivity index is 2.28. The Bertz CT molecular complexity index is 623. The topological polar surface area (TPSA) is 20.3 Å². The van der Waals surface area contributed by atoms with E-state index in [1.807, 2.05) is 0 Å². The van der Waals surface area contributed by atoms with Gasteiger partial charge in [-0.3, -0.25) is 4.79 Å². The van der Waals surface area contributed by atoms with E-state index in [1.165, 1.54) is 12.1 Å². The highest BCUT2D eigenvalue weighted by atomic mass is 35.5. The molecule has 4 heteroatoms. The fraction of sp³-hybridized carbons (Fsp3) is 0.278. The SMILES string of the molecule is CC(C)CCN(C(=O)c1ccc(Cl)cc1)c1ccc(F)cc1. The molecule has 0 saturated carbocycles. The van der Waals surface area contributed by atoms with Crippen LogP contribution in [0.5, 0.6) is 0 Å². The summed E-state index contributed by atoms with van der Waals surface area (Å²) in [7, 11) is 0. The van der Waals surface area contributed by atoms with Crippen molar-refractivity contribution in [1.29, 1.82) is 0 Å². The van der Waals surface area contributed by atoms with Gasteiger partial charge in [-0.05, 0) is 60.9 Å². The van der Waals surface area contributed by atoms with Gasteiger partial charge in [-0.25, -0.2) is 4.39 Å². The highest BCUT2D eigenvalue weighted by Crippen LogP contribution is 2.20. The van der Waals surface area contributed by atoms with Gasteiger partial charge in [0.05, 0.1) is 0 Å². The summed E-state index contributed by atoms with van der Waals surface area (Å²) in [4.78, 5) is 14.4. The summed E-state index contributed by atoms with van der Waals surface area (Å²) >= 11 is 5.87. The van der Waals surface area contributed by atoms with Crippen LogP contribution in [0.15, 0.2) is 48.5 Å². The van der Waals surface area contributed by atoms with Crippen LogP contribution in [0.25, 0.3) is 0 Å². The lowest BCUT2D eigenvalue weighted by Gasteiger charge is -2.24. The van der Waals surface area contributed by atoms with Gasteiger partial charge in [0.2, 0.25) is 0 Å². The molecule has 0 aliphatic heterocycles. The van der Waals surface area contributed by atoms with Gasteiger partial charge in [0.1, 0.15) is 5.82 Å². The van der Waals surface area contributed by atoms with Gasteiger partial charge in [-0.1, -0.05) is 25.4 Å². The second-order valence-electron chi connectivity index (χ2n) is 5.62. The number of nitrogens with zero attached hydrogens (tertiary/aromatic N) is 1. The van der Waals surface area contributed by atoms with Crippen molar-refractivity contribution in [3.63, 3.8) is 0 Å². The minimum atomic E-state index is -0.313. The largest absolute Gasteiger partial charge is 0.308 e. The Kier molecular flexibility index (Phi) is 5.56. The van der Waals surface area contributed by atoms with Crippen LogP contribution >= 0.6 is 11.6 Å². The second kappa shape index (κ2) is 7.41. The summed E-state index contributed by atoms with van der Waals surface area (Å²) in [5, 5.41) is 0.590. The number of benzene rings is 2. The van der Waals surface area contributed by atoms with Crippen molar-refractivity contribution in [2.24, 2.45) is 5.92 Å². The molecule has 0 N–H and O–H groups in total. The fourth-order valence-electron chi connectivity index (χ4n) is 2.10. The number of anilines is 1. The molecule has 22 heavy (non-hydrogen) atoms. The molecular formula is C18H19ClFNO. The van der Waals surface area contributed by atoms with Gasteiger partial charge < -0.3 is 4.90 Å². The maximum absolute atomic E-state index is 13.1. The van der Waals surface area contributed by atoms with Crippen LogP contribution in [0.2, 0.25) is 5.02 Å². The Morgan fingerprint density at radius 3 is 2.23 bits per heavy atom. The molecule has 0 heterocycles. The summed E-state index contributed by atoms with van der Waals surface area (Å²) in [6.45, 7) is 4.80. The van der Waals surface area contributed by atoms with Crippen LogP contribution in [0.1, 0.15) is 30.6 Å². The molecule has 0 spiro atoms. The van der Waals surface area contributed by atoms with Crippen molar-refractivity contribution in [3.8, 4) is 0 Å². The number of carbonyl (C=O) groups excluding carboxylic acids is 1. The number of halogens is 2. The molecule has 0 saturated heterocycles. The Morgan fingerprint density at radius 2 is 1.68 bits per heavy atom. The van der Waals surface area contributed by atoms with Crippen molar-refractivity contribution in [1.82, 2.24) is 0 Å². The molecule has 0 bridgehead atoms. The van der Waals surface area contributed by atoms with Crippen LogP contribution < -0.4 is 4.90 Å². The third kappa shape index (κ3) is 4.31. The first kappa shape index (κ1) is 16.5. The predicted octanol–water partition coefficient (Wildman–Crippen LogP) is 5.17.